The SMILES string of the molecule is CN(C)c1nc(=O)n(C2CC3CCC2C3)c(=O)n1C. The maximum Gasteiger partial charge on any atom is 0.355 e. The Morgan fingerprint density at radius 1 is 1.21 bits per heavy atom. The van der Waals surface area contributed by atoms with Crippen molar-refractivity contribution >= 4 is 5.95 Å². The molecule has 0 amide bonds. The van der Waals surface area contributed by atoms with Crippen LogP contribution in [0, 0.1) is 11.8 Å². The van der Waals surface area contributed by atoms with E-state index in [9.17, 15) is 9.59 Å². The molecule has 0 saturated heterocycles. The van der Waals surface area contributed by atoms with Gasteiger partial charge in [-0.15, -0.1) is 0 Å². The topological polar surface area (TPSA) is 60.1 Å². The fraction of sp³-hybridized carbons (Fsp3) is 0.769. The van der Waals surface area contributed by atoms with Gasteiger partial charge in [0.25, 0.3) is 0 Å². The highest BCUT2D eigenvalue weighted by molar-refractivity contribution is 5.25. The standard InChI is InChI=1S/C13H20N4O2/c1-15(2)11-14-12(18)17(13(19)16(11)3)10-7-8-4-5-9(10)6-8/h8-10H,4-7H2,1-3H3. The molecule has 0 aliphatic heterocycles. The summed E-state index contributed by atoms with van der Waals surface area (Å²) < 4.78 is 2.85. The number of nitrogens with zero attached hydrogens (tertiary/aromatic N) is 4. The Kier molecular flexibility index (Phi) is 2.76. The molecule has 1 aromatic rings. The van der Waals surface area contributed by atoms with Crippen molar-refractivity contribution in [2.45, 2.75) is 31.7 Å². The van der Waals surface area contributed by atoms with Gasteiger partial charge in [-0.05, 0) is 31.1 Å². The van der Waals surface area contributed by atoms with E-state index in [1.807, 2.05) is 0 Å². The molecule has 104 valence electrons. The van der Waals surface area contributed by atoms with Gasteiger partial charge in [0.15, 0.2) is 0 Å². The molecule has 2 aliphatic rings. The number of fused-ring (bicyclic) bond motifs is 2. The predicted molar refractivity (Wildman–Crippen MR) is 72.6 cm³/mol. The van der Waals surface area contributed by atoms with Crippen LogP contribution in [0.5, 0.6) is 0 Å². The first-order chi connectivity index (χ1) is 8.99. The summed E-state index contributed by atoms with van der Waals surface area (Å²) in [5.74, 6) is 1.59. The van der Waals surface area contributed by atoms with Crippen LogP contribution < -0.4 is 16.3 Å². The van der Waals surface area contributed by atoms with E-state index in [0.29, 0.717) is 17.8 Å². The molecule has 6 heteroatoms. The molecule has 1 heterocycles. The summed E-state index contributed by atoms with van der Waals surface area (Å²) in [6.45, 7) is 0. The minimum absolute atomic E-state index is 0.0636. The smallest absolute Gasteiger partial charge is 0.348 e. The van der Waals surface area contributed by atoms with Crippen molar-refractivity contribution in [2.24, 2.45) is 18.9 Å². The van der Waals surface area contributed by atoms with Crippen molar-refractivity contribution in [1.29, 1.82) is 0 Å². The number of rotatable bonds is 2. The molecule has 0 N–H and O–H groups in total. The van der Waals surface area contributed by atoms with Crippen LogP contribution in [0.4, 0.5) is 5.95 Å². The summed E-state index contributed by atoms with van der Waals surface area (Å²) in [6.07, 6.45) is 4.51. The Hall–Kier alpha value is -1.59. The van der Waals surface area contributed by atoms with Gasteiger partial charge in [-0.1, -0.05) is 6.42 Å². The molecule has 2 aliphatic carbocycles. The summed E-state index contributed by atoms with van der Waals surface area (Å²) in [7, 11) is 5.24. The zero-order valence-corrected chi connectivity index (χ0v) is 11.7. The average molecular weight is 264 g/mol. The second-order valence-electron chi connectivity index (χ2n) is 6.04. The van der Waals surface area contributed by atoms with E-state index < -0.39 is 5.69 Å². The van der Waals surface area contributed by atoms with Crippen molar-refractivity contribution in [1.82, 2.24) is 14.1 Å². The zero-order valence-electron chi connectivity index (χ0n) is 11.7. The molecule has 0 aromatic carbocycles. The molecular formula is C13H20N4O2. The van der Waals surface area contributed by atoms with Crippen LogP contribution in [0.15, 0.2) is 9.59 Å². The molecule has 3 atom stereocenters. The number of hydrogen-bond donors (Lipinski definition) is 0. The zero-order chi connectivity index (χ0) is 13.7. The third-order valence-electron chi connectivity index (χ3n) is 4.63. The monoisotopic (exact) mass is 264 g/mol. The van der Waals surface area contributed by atoms with Crippen LogP contribution >= 0.6 is 0 Å². The predicted octanol–water partition coefficient (Wildman–Crippen LogP) is 0.369. The lowest BCUT2D eigenvalue weighted by Gasteiger charge is -2.24. The van der Waals surface area contributed by atoms with Gasteiger partial charge in [-0.25, -0.2) is 14.2 Å². The van der Waals surface area contributed by atoms with E-state index in [0.717, 1.165) is 19.3 Å². The fourth-order valence-corrected chi connectivity index (χ4v) is 3.75. The maximum absolute atomic E-state index is 12.4. The summed E-state index contributed by atoms with van der Waals surface area (Å²) in [5, 5.41) is 0. The third-order valence-corrected chi connectivity index (χ3v) is 4.63. The highest BCUT2D eigenvalue weighted by atomic mass is 16.2. The van der Waals surface area contributed by atoms with Gasteiger partial charge >= 0.3 is 11.4 Å². The molecule has 3 unspecified atom stereocenters. The van der Waals surface area contributed by atoms with E-state index >= 15 is 0 Å². The first-order valence-corrected chi connectivity index (χ1v) is 6.86. The minimum atomic E-state index is -0.399. The van der Waals surface area contributed by atoms with E-state index in [1.165, 1.54) is 15.6 Å². The van der Waals surface area contributed by atoms with E-state index in [1.54, 1.807) is 26.0 Å². The Morgan fingerprint density at radius 3 is 2.47 bits per heavy atom. The highest BCUT2D eigenvalue weighted by Crippen LogP contribution is 2.49. The van der Waals surface area contributed by atoms with Crippen LogP contribution in [0.1, 0.15) is 31.7 Å². The van der Waals surface area contributed by atoms with Crippen LogP contribution in [0.3, 0.4) is 0 Å². The normalized spacial score (nSPS) is 28.9. The van der Waals surface area contributed by atoms with Crippen LogP contribution in [-0.2, 0) is 7.05 Å². The lowest BCUT2D eigenvalue weighted by molar-refractivity contribution is 0.304. The molecule has 2 bridgehead atoms. The molecule has 0 radical (unpaired) electrons. The Balaban J connectivity index is 2.11. The largest absolute Gasteiger partial charge is 0.355 e. The lowest BCUT2D eigenvalue weighted by atomic mass is 9.95. The molecule has 6 nitrogen and oxygen atoms in total. The average Bonchev–Trinajstić information content (AvgIpc) is 2.96. The molecule has 19 heavy (non-hydrogen) atoms. The van der Waals surface area contributed by atoms with Crippen LogP contribution in [-0.4, -0.2) is 28.2 Å². The van der Waals surface area contributed by atoms with Gasteiger partial charge in [-0.3, -0.25) is 4.57 Å². The second kappa shape index (κ2) is 4.21. The van der Waals surface area contributed by atoms with Gasteiger partial charge in [0.2, 0.25) is 5.95 Å². The van der Waals surface area contributed by atoms with E-state index in [-0.39, 0.29) is 11.7 Å². The van der Waals surface area contributed by atoms with Crippen molar-refractivity contribution < 1.29 is 0 Å². The summed E-state index contributed by atoms with van der Waals surface area (Å²) >= 11 is 0. The summed E-state index contributed by atoms with van der Waals surface area (Å²) in [4.78, 5) is 30.4. The molecule has 2 fully saturated rings. The van der Waals surface area contributed by atoms with Crippen molar-refractivity contribution in [3.8, 4) is 0 Å². The maximum atomic E-state index is 12.4. The molecule has 0 spiro atoms. The van der Waals surface area contributed by atoms with Crippen molar-refractivity contribution in [2.75, 3.05) is 19.0 Å². The summed E-state index contributed by atoms with van der Waals surface area (Å²) in [6, 6.07) is 0.0636. The van der Waals surface area contributed by atoms with Gasteiger partial charge < -0.3 is 4.90 Å². The quantitative estimate of drug-likeness (QED) is 0.774. The Morgan fingerprint density at radius 2 is 1.95 bits per heavy atom. The summed E-state index contributed by atoms with van der Waals surface area (Å²) in [5.41, 5.74) is -0.634. The first kappa shape index (κ1) is 12.4. The highest BCUT2D eigenvalue weighted by Gasteiger charge is 2.42. The van der Waals surface area contributed by atoms with Crippen molar-refractivity contribution in [3.63, 3.8) is 0 Å². The second-order valence-corrected chi connectivity index (χ2v) is 6.04. The van der Waals surface area contributed by atoms with Gasteiger partial charge in [0.05, 0.1) is 0 Å². The van der Waals surface area contributed by atoms with E-state index in [2.05, 4.69) is 4.98 Å². The number of anilines is 1. The third kappa shape index (κ3) is 1.81. The molecule has 3 rings (SSSR count). The number of aromatic nitrogens is 3. The molecule has 1 aromatic heterocycles. The Bertz CT molecular complexity index is 616. The fourth-order valence-electron chi connectivity index (χ4n) is 3.75. The number of hydrogen-bond acceptors (Lipinski definition) is 4. The van der Waals surface area contributed by atoms with Gasteiger partial charge in [-0.2, -0.15) is 4.98 Å². The van der Waals surface area contributed by atoms with Gasteiger partial charge in [0.1, 0.15) is 0 Å². The van der Waals surface area contributed by atoms with Crippen molar-refractivity contribution in [3.05, 3.63) is 21.0 Å². The molecule has 2 saturated carbocycles. The van der Waals surface area contributed by atoms with Crippen LogP contribution in [0.2, 0.25) is 0 Å². The van der Waals surface area contributed by atoms with E-state index in [4.69, 9.17) is 0 Å². The van der Waals surface area contributed by atoms with Crippen LogP contribution in [0.25, 0.3) is 0 Å². The van der Waals surface area contributed by atoms with Gasteiger partial charge in [0, 0.05) is 27.2 Å². The lowest BCUT2D eigenvalue weighted by Crippen LogP contribution is -2.45. The first-order valence-electron chi connectivity index (χ1n) is 6.86. The Labute approximate surface area is 111 Å². The minimum Gasteiger partial charge on any atom is -0.348 e. The molecular weight excluding hydrogens is 244 g/mol.